The van der Waals surface area contributed by atoms with Crippen molar-refractivity contribution in [3.63, 3.8) is 0 Å². The summed E-state index contributed by atoms with van der Waals surface area (Å²) in [5.41, 5.74) is 6.75. The fourth-order valence-corrected chi connectivity index (χ4v) is 3.82. The van der Waals surface area contributed by atoms with Gasteiger partial charge in [-0.15, -0.1) is 0 Å². The van der Waals surface area contributed by atoms with Gasteiger partial charge in [0, 0.05) is 17.6 Å². The Kier molecular flexibility index (Phi) is 7.82. The van der Waals surface area contributed by atoms with Crippen LogP contribution in [0.1, 0.15) is 0 Å². The Morgan fingerprint density at radius 2 is 1.14 bits per heavy atom. The van der Waals surface area contributed by atoms with E-state index in [-0.39, 0.29) is 0 Å². The topological polar surface area (TPSA) is 21.7 Å². The second-order valence-corrected chi connectivity index (χ2v) is 7.88. The van der Waals surface area contributed by atoms with E-state index >= 15 is 0 Å². The molecule has 4 aromatic rings. The van der Waals surface area contributed by atoms with E-state index in [1.54, 1.807) is 20.3 Å². The zero-order valence-electron chi connectivity index (χ0n) is 20.1. The molecule has 0 spiro atoms. The molecule has 3 nitrogen and oxygen atoms in total. The lowest BCUT2D eigenvalue weighted by molar-refractivity contribution is 0.307. The van der Waals surface area contributed by atoms with E-state index in [4.69, 9.17) is 9.47 Å². The molecule has 0 radical (unpaired) electrons. The van der Waals surface area contributed by atoms with Crippen molar-refractivity contribution in [2.75, 3.05) is 19.1 Å². The molecule has 4 rings (SSSR count). The maximum absolute atomic E-state index is 5.45. The Balaban J connectivity index is 1.66. The molecule has 0 aliphatic carbocycles. The molecule has 0 amide bonds. The Labute approximate surface area is 207 Å². The summed E-state index contributed by atoms with van der Waals surface area (Å²) in [4.78, 5) is 2.14. The second kappa shape index (κ2) is 11.6. The first-order valence-corrected chi connectivity index (χ1v) is 11.5. The van der Waals surface area contributed by atoms with Crippen molar-refractivity contribution in [1.29, 1.82) is 0 Å². The number of anilines is 2. The number of rotatable bonds is 9. The predicted octanol–water partition coefficient (Wildman–Crippen LogP) is 8.40. The molecule has 0 aliphatic heterocycles. The molecule has 4 aromatic carbocycles. The third kappa shape index (κ3) is 5.90. The third-order valence-electron chi connectivity index (χ3n) is 5.73. The predicted molar refractivity (Wildman–Crippen MR) is 147 cm³/mol. The molecular weight excluding hydrogens is 430 g/mol. The molecular formula is C32H29NO2. The molecule has 0 aliphatic rings. The van der Waals surface area contributed by atoms with Crippen LogP contribution in [0.25, 0.3) is 22.3 Å². The van der Waals surface area contributed by atoms with Crippen LogP contribution in [0.2, 0.25) is 0 Å². The first kappa shape index (κ1) is 23.7. The summed E-state index contributed by atoms with van der Waals surface area (Å²) in [6.07, 6.45) is 7.49. The SMILES string of the molecule is C=C/C=C(\C=C/N(c1ccc(-c2ccccc2)cc1)c1ccc(-c2ccc(OC)cc2)cc1)OC. The van der Waals surface area contributed by atoms with Crippen LogP contribution in [0, 0.1) is 0 Å². The summed E-state index contributed by atoms with van der Waals surface area (Å²) in [5, 5.41) is 0. The third-order valence-corrected chi connectivity index (χ3v) is 5.73. The highest BCUT2D eigenvalue weighted by molar-refractivity contribution is 5.73. The molecule has 0 bridgehead atoms. The van der Waals surface area contributed by atoms with E-state index < -0.39 is 0 Å². The fraction of sp³-hybridized carbons (Fsp3) is 0.0625. The van der Waals surface area contributed by atoms with Crippen LogP contribution in [0.5, 0.6) is 5.75 Å². The number of allylic oxidation sites excluding steroid dienone is 3. The highest BCUT2D eigenvalue weighted by Crippen LogP contribution is 2.31. The van der Waals surface area contributed by atoms with Gasteiger partial charge in [0.1, 0.15) is 11.5 Å². The normalized spacial score (nSPS) is 11.3. The summed E-state index contributed by atoms with van der Waals surface area (Å²) in [5.74, 6) is 1.57. The number of hydrogen-bond donors (Lipinski definition) is 0. The van der Waals surface area contributed by atoms with Crippen LogP contribution in [0.15, 0.2) is 140 Å². The molecule has 0 heterocycles. The van der Waals surface area contributed by atoms with Crippen molar-refractivity contribution < 1.29 is 9.47 Å². The first-order chi connectivity index (χ1) is 17.2. The number of benzene rings is 4. The maximum Gasteiger partial charge on any atom is 0.120 e. The highest BCUT2D eigenvalue weighted by Gasteiger charge is 2.09. The second-order valence-electron chi connectivity index (χ2n) is 7.88. The van der Waals surface area contributed by atoms with Crippen LogP contribution < -0.4 is 9.64 Å². The number of hydrogen-bond acceptors (Lipinski definition) is 3. The Morgan fingerprint density at radius 1 is 0.657 bits per heavy atom. The van der Waals surface area contributed by atoms with E-state index in [0.29, 0.717) is 0 Å². The molecule has 0 aromatic heterocycles. The average Bonchev–Trinajstić information content (AvgIpc) is 2.94. The van der Waals surface area contributed by atoms with Crippen LogP contribution in [-0.4, -0.2) is 14.2 Å². The largest absolute Gasteiger partial charge is 0.497 e. The summed E-state index contributed by atoms with van der Waals surface area (Å²) in [7, 11) is 3.33. The Morgan fingerprint density at radius 3 is 1.60 bits per heavy atom. The molecule has 0 unspecified atom stereocenters. The minimum atomic E-state index is 0.723. The molecule has 0 saturated heterocycles. The van der Waals surface area contributed by atoms with E-state index in [1.807, 2.05) is 36.6 Å². The Bertz CT molecular complexity index is 1290. The smallest absolute Gasteiger partial charge is 0.120 e. The van der Waals surface area contributed by atoms with Crippen molar-refractivity contribution in [2.24, 2.45) is 0 Å². The summed E-state index contributed by atoms with van der Waals surface area (Å²) in [6, 6.07) is 35.5. The lowest BCUT2D eigenvalue weighted by Crippen LogP contribution is -2.08. The van der Waals surface area contributed by atoms with Crippen LogP contribution in [0.3, 0.4) is 0 Å². The first-order valence-electron chi connectivity index (χ1n) is 11.5. The van der Waals surface area contributed by atoms with Gasteiger partial charge in [-0.3, -0.25) is 0 Å². The van der Waals surface area contributed by atoms with E-state index in [9.17, 15) is 0 Å². The van der Waals surface area contributed by atoms with Gasteiger partial charge in [0.05, 0.1) is 14.2 Å². The van der Waals surface area contributed by atoms with Gasteiger partial charge in [-0.05, 0) is 70.8 Å². The molecule has 174 valence electrons. The summed E-state index contributed by atoms with van der Waals surface area (Å²) < 4.78 is 10.7. The van der Waals surface area contributed by atoms with Crippen LogP contribution >= 0.6 is 0 Å². The van der Waals surface area contributed by atoms with E-state index in [2.05, 4.69) is 96.4 Å². The van der Waals surface area contributed by atoms with Crippen molar-refractivity contribution in [2.45, 2.75) is 0 Å². The zero-order chi connectivity index (χ0) is 24.5. The van der Waals surface area contributed by atoms with Crippen LogP contribution in [0.4, 0.5) is 11.4 Å². The van der Waals surface area contributed by atoms with E-state index in [1.165, 1.54) is 11.1 Å². The monoisotopic (exact) mass is 459 g/mol. The quantitative estimate of drug-likeness (QED) is 0.185. The molecule has 0 fully saturated rings. The minimum absolute atomic E-state index is 0.723. The van der Waals surface area contributed by atoms with Gasteiger partial charge < -0.3 is 14.4 Å². The van der Waals surface area contributed by atoms with Gasteiger partial charge in [-0.25, -0.2) is 0 Å². The number of methoxy groups -OCH3 is 2. The van der Waals surface area contributed by atoms with Gasteiger partial charge in [0.25, 0.3) is 0 Å². The lowest BCUT2D eigenvalue weighted by Gasteiger charge is -2.22. The van der Waals surface area contributed by atoms with Gasteiger partial charge >= 0.3 is 0 Å². The van der Waals surface area contributed by atoms with Crippen molar-refractivity contribution in [3.05, 3.63) is 140 Å². The molecule has 35 heavy (non-hydrogen) atoms. The fourth-order valence-electron chi connectivity index (χ4n) is 3.82. The summed E-state index contributed by atoms with van der Waals surface area (Å²) >= 11 is 0. The van der Waals surface area contributed by atoms with Gasteiger partial charge in [-0.1, -0.05) is 79.4 Å². The standard InChI is InChI=1S/C32H29NO2/c1-4-8-31(34-2)23-24-33(29-17-11-26(12-18-29)25-9-6-5-7-10-25)30-19-13-27(14-20-30)28-15-21-32(35-3)22-16-28/h4-24H,1H2,2-3H3/b24-23-,31-8+. The van der Waals surface area contributed by atoms with Crippen molar-refractivity contribution in [3.8, 4) is 28.0 Å². The van der Waals surface area contributed by atoms with Gasteiger partial charge in [0.2, 0.25) is 0 Å². The molecule has 0 saturated carbocycles. The summed E-state index contributed by atoms with van der Waals surface area (Å²) in [6.45, 7) is 3.77. The zero-order valence-corrected chi connectivity index (χ0v) is 20.1. The van der Waals surface area contributed by atoms with Crippen molar-refractivity contribution >= 4 is 11.4 Å². The van der Waals surface area contributed by atoms with Crippen LogP contribution in [-0.2, 0) is 4.74 Å². The van der Waals surface area contributed by atoms with E-state index in [0.717, 1.165) is 34.0 Å². The van der Waals surface area contributed by atoms with Crippen molar-refractivity contribution in [1.82, 2.24) is 0 Å². The molecule has 0 N–H and O–H groups in total. The number of nitrogens with zero attached hydrogens (tertiary/aromatic N) is 1. The van der Waals surface area contributed by atoms with Gasteiger partial charge in [-0.2, -0.15) is 0 Å². The number of ether oxygens (including phenoxy) is 2. The minimum Gasteiger partial charge on any atom is -0.497 e. The van der Waals surface area contributed by atoms with Gasteiger partial charge in [0.15, 0.2) is 0 Å². The average molecular weight is 460 g/mol. The molecule has 3 heteroatoms. The molecule has 0 atom stereocenters. The lowest BCUT2D eigenvalue weighted by atomic mass is 10.0. The highest BCUT2D eigenvalue weighted by atomic mass is 16.5. The Hall–Kier alpha value is -4.50. The maximum atomic E-state index is 5.45.